The van der Waals surface area contributed by atoms with Gasteiger partial charge in [0.25, 0.3) is 11.8 Å². The van der Waals surface area contributed by atoms with Crippen molar-refractivity contribution >= 4 is 17.5 Å². The molecule has 1 aromatic heterocycles. The topological polar surface area (TPSA) is 88.3 Å². The molecule has 1 aliphatic heterocycles. The van der Waals surface area contributed by atoms with E-state index in [2.05, 4.69) is 15.5 Å². The number of hydrogen-bond acceptors (Lipinski definition) is 5. The minimum Gasteiger partial charge on any atom is -0.339 e. The van der Waals surface area contributed by atoms with Crippen LogP contribution in [0.2, 0.25) is 0 Å². The van der Waals surface area contributed by atoms with Gasteiger partial charge in [-0.15, -0.1) is 0 Å². The Morgan fingerprint density at radius 2 is 1.69 bits per heavy atom. The first kappa shape index (κ1) is 22.5. The molecule has 7 heteroatoms. The molecule has 0 spiro atoms. The summed E-state index contributed by atoms with van der Waals surface area (Å²) in [4.78, 5) is 31.9. The molecule has 4 aromatic rings. The zero-order valence-corrected chi connectivity index (χ0v) is 19.5. The van der Waals surface area contributed by atoms with Crippen LogP contribution in [0.1, 0.15) is 50.9 Å². The van der Waals surface area contributed by atoms with Crippen LogP contribution in [0.4, 0.5) is 5.69 Å². The Morgan fingerprint density at radius 1 is 0.943 bits per heavy atom. The summed E-state index contributed by atoms with van der Waals surface area (Å²) in [7, 11) is 0. The number of likely N-dealkylation sites (tertiary alicyclic amines) is 1. The number of aromatic nitrogens is 2. The minimum absolute atomic E-state index is 0.00257. The summed E-state index contributed by atoms with van der Waals surface area (Å²) < 4.78 is 5.58. The van der Waals surface area contributed by atoms with Gasteiger partial charge in [0.05, 0.1) is 5.92 Å². The molecule has 0 saturated carbocycles. The number of nitrogens with zero attached hydrogens (tertiary/aromatic N) is 3. The van der Waals surface area contributed by atoms with Crippen LogP contribution in [0.3, 0.4) is 0 Å². The quantitative estimate of drug-likeness (QED) is 0.430. The molecule has 1 saturated heterocycles. The molecule has 5 rings (SSSR count). The molecule has 176 valence electrons. The summed E-state index contributed by atoms with van der Waals surface area (Å²) in [6.07, 6.45) is 1.77. The minimum atomic E-state index is -0.181. The number of nitrogens with one attached hydrogen (secondary N) is 1. The van der Waals surface area contributed by atoms with E-state index in [-0.39, 0.29) is 17.7 Å². The van der Waals surface area contributed by atoms with E-state index in [0.717, 1.165) is 36.2 Å². The fourth-order valence-corrected chi connectivity index (χ4v) is 4.26. The molecule has 1 aliphatic rings. The summed E-state index contributed by atoms with van der Waals surface area (Å²) in [6, 6.07) is 24.1. The van der Waals surface area contributed by atoms with Crippen LogP contribution in [0.15, 0.2) is 83.4 Å². The molecule has 1 atom stereocenters. The Labute approximate surface area is 203 Å². The molecule has 7 nitrogen and oxygen atoms in total. The lowest BCUT2D eigenvalue weighted by Gasteiger charge is -2.31. The van der Waals surface area contributed by atoms with Gasteiger partial charge in [0.2, 0.25) is 11.7 Å². The second-order valence-corrected chi connectivity index (χ2v) is 8.81. The van der Waals surface area contributed by atoms with Gasteiger partial charge in [0.1, 0.15) is 0 Å². The van der Waals surface area contributed by atoms with Gasteiger partial charge in [-0.05, 0) is 56.2 Å². The predicted octanol–water partition coefficient (Wildman–Crippen LogP) is 5.32. The van der Waals surface area contributed by atoms with Gasteiger partial charge in [-0.2, -0.15) is 4.98 Å². The van der Waals surface area contributed by atoms with Crippen molar-refractivity contribution in [1.29, 1.82) is 0 Å². The lowest BCUT2D eigenvalue weighted by Crippen LogP contribution is -2.39. The molecule has 0 aliphatic carbocycles. The predicted molar refractivity (Wildman–Crippen MR) is 133 cm³/mol. The van der Waals surface area contributed by atoms with E-state index in [4.69, 9.17) is 4.52 Å². The fourth-order valence-electron chi connectivity index (χ4n) is 4.26. The number of amides is 2. The third-order valence-corrected chi connectivity index (χ3v) is 6.24. The smallest absolute Gasteiger partial charge is 0.255 e. The van der Waals surface area contributed by atoms with E-state index in [1.165, 1.54) is 0 Å². The van der Waals surface area contributed by atoms with Gasteiger partial charge in [-0.3, -0.25) is 9.59 Å². The van der Waals surface area contributed by atoms with Gasteiger partial charge in [0.15, 0.2) is 0 Å². The Balaban J connectivity index is 1.24. The maximum atomic E-state index is 12.8. The van der Waals surface area contributed by atoms with Crippen molar-refractivity contribution in [3.63, 3.8) is 0 Å². The number of carbonyl (C=O) groups is 2. The molecule has 0 unspecified atom stereocenters. The number of hydrogen-bond donors (Lipinski definition) is 1. The van der Waals surface area contributed by atoms with E-state index in [0.29, 0.717) is 29.4 Å². The Bertz CT molecular complexity index is 1310. The molecule has 2 heterocycles. The van der Waals surface area contributed by atoms with Crippen LogP contribution >= 0.6 is 0 Å². The first-order chi connectivity index (χ1) is 17.1. The van der Waals surface area contributed by atoms with E-state index >= 15 is 0 Å². The summed E-state index contributed by atoms with van der Waals surface area (Å²) in [5.41, 5.74) is 3.88. The van der Waals surface area contributed by atoms with Gasteiger partial charge >= 0.3 is 0 Å². The van der Waals surface area contributed by atoms with E-state index in [1.54, 1.807) is 12.1 Å². The fraction of sp³-hybridized carbons (Fsp3) is 0.214. The highest BCUT2D eigenvalue weighted by atomic mass is 16.5. The van der Waals surface area contributed by atoms with Crippen LogP contribution in [0.25, 0.3) is 11.4 Å². The Kier molecular flexibility index (Phi) is 6.39. The largest absolute Gasteiger partial charge is 0.339 e. The van der Waals surface area contributed by atoms with Gasteiger partial charge < -0.3 is 14.7 Å². The van der Waals surface area contributed by atoms with Crippen molar-refractivity contribution in [3.05, 3.63) is 101 Å². The summed E-state index contributed by atoms with van der Waals surface area (Å²) in [6.45, 7) is 3.27. The monoisotopic (exact) mass is 466 g/mol. The SMILES string of the molecule is Cc1ccc(NC(=O)c2ccc(-c3noc([C@H]4CCCN(C(=O)c5ccccc5)C4)n3)cc2)cc1. The molecule has 3 aromatic carbocycles. The maximum Gasteiger partial charge on any atom is 0.255 e. The lowest BCUT2D eigenvalue weighted by atomic mass is 9.97. The van der Waals surface area contributed by atoms with Crippen LogP contribution in [-0.4, -0.2) is 39.9 Å². The van der Waals surface area contributed by atoms with Gasteiger partial charge in [-0.1, -0.05) is 53.2 Å². The standard InChI is InChI=1S/C28H26N4O3/c1-19-9-15-24(16-10-19)29-26(33)21-13-11-20(12-14-21)25-30-27(35-31-25)23-8-5-17-32(18-23)28(34)22-6-3-2-4-7-22/h2-4,6-7,9-16,23H,5,8,17-18H2,1H3,(H,29,33)/t23-/m0/s1. The average molecular weight is 467 g/mol. The van der Waals surface area contributed by atoms with Gasteiger partial charge in [0, 0.05) is 35.5 Å². The number of anilines is 1. The highest BCUT2D eigenvalue weighted by molar-refractivity contribution is 6.04. The van der Waals surface area contributed by atoms with Crippen molar-refractivity contribution in [1.82, 2.24) is 15.0 Å². The van der Waals surface area contributed by atoms with Crippen LogP contribution < -0.4 is 5.32 Å². The third kappa shape index (κ3) is 5.14. The van der Waals surface area contributed by atoms with E-state index < -0.39 is 0 Å². The molecule has 35 heavy (non-hydrogen) atoms. The maximum absolute atomic E-state index is 12.8. The Hall–Kier alpha value is -4.26. The number of carbonyl (C=O) groups excluding carboxylic acids is 2. The normalized spacial score (nSPS) is 15.6. The second kappa shape index (κ2) is 9.93. The first-order valence-corrected chi connectivity index (χ1v) is 11.7. The van der Waals surface area contributed by atoms with Crippen LogP contribution in [0.5, 0.6) is 0 Å². The molecular weight excluding hydrogens is 440 g/mol. The molecule has 1 N–H and O–H groups in total. The molecule has 0 bridgehead atoms. The lowest BCUT2D eigenvalue weighted by molar-refractivity contribution is 0.0695. The molecular formula is C28H26N4O3. The summed E-state index contributed by atoms with van der Waals surface area (Å²) in [5.74, 6) is 0.843. The van der Waals surface area contributed by atoms with Crippen LogP contribution in [0, 0.1) is 6.92 Å². The summed E-state index contributed by atoms with van der Waals surface area (Å²) >= 11 is 0. The second-order valence-electron chi connectivity index (χ2n) is 8.81. The Morgan fingerprint density at radius 3 is 2.43 bits per heavy atom. The summed E-state index contributed by atoms with van der Waals surface area (Å²) in [5, 5.41) is 7.05. The van der Waals surface area contributed by atoms with Crippen molar-refractivity contribution in [2.45, 2.75) is 25.7 Å². The van der Waals surface area contributed by atoms with E-state index in [1.807, 2.05) is 78.6 Å². The zero-order chi connectivity index (χ0) is 24.2. The first-order valence-electron chi connectivity index (χ1n) is 11.7. The number of aryl methyl sites for hydroxylation is 1. The zero-order valence-electron chi connectivity index (χ0n) is 19.5. The highest BCUT2D eigenvalue weighted by Gasteiger charge is 2.29. The van der Waals surface area contributed by atoms with Crippen molar-refractivity contribution in [2.24, 2.45) is 0 Å². The highest BCUT2D eigenvalue weighted by Crippen LogP contribution is 2.28. The number of piperidine rings is 1. The van der Waals surface area contributed by atoms with Crippen molar-refractivity contribution in [3.8, 4) is 11.4 Å². The number of rotatable bonds is 5. The van der Waals surface area contributed by atoms with Gasteiger partial charge in [-0.25, -0.2) is 0 Å². The molecule has 0 radical (unpaired) electrons. The van der Waals surface area contributed by atoms with Crippen molar-refractivity contribution in [2.75, 3.05) is 18.4 Å². The molecule has 1 fully saturated rings. The molecule has 2 amide bonds. The van der Waals surface area contributed by atoms with E-state index in [9.17, 15) is 9.59 Å². The number of benzene rings is 3. The average Bonchev–Trinajstić information content (AvgIpc) is 3.41. The van der Waals surface area contributed by atoms with Crippen LogP contribution in [-0.2, 0) is 0 Å². The third-order valence-electron chi connectivity index (χ3n) is 6.24. The van der Waals surface area contributed by atoms with Crippen molar-refractivity contribution < 1.29 is 14.1 Å².